The topological polar surface area (TPSA) is 57.6 Å². The van der Waals surface area contributed by atoms with E-state index in [-0.39, 0.29) is 17.6 Å². The SMILES string of the molecule is CCS(=O)(=O)CCCN(C)CC(C)O. The summed E-state index contributed by atoms with van der Waals surface area (Å²) in [6.07, 6.45) is 0.280. The Morgan fingerprint density at radius 1 is 1.43 bits per heavy atom. The Bertz CT molecular complexity index is 236. The van der Waals surface area contributed by atoms with E-state index in [4.69, 9.17) is 5.11 Å². The number of nitrogens with zero attached hydrogens (tertiary/aromatic N) is 1. The molecule has 0 spiro atoms. The third-order valence-electron chi connectivity index (χ3n) is 2.01. The van der Waals surface area contributed by atoms with Gasteiger partial charge < -0.3 is 10.0 Å². The molecule has 86 valence electrons. The fourth-order valence-electron chi connectivity index (χ4n) is 1.24. The molecule has 0 heterocycles. The minimum absolute atomic E-state index is 0.215. The lowest BCUT2D eigenvalue weighted by Gasteiger charge is -2.17. The maximum absolute atomic E-state index is 11.1. The van der Waals surface area contributed by atoms with Crippen molar-refractivity contribution in [3.05, 3.63) is 0 Å². The number of hydrogen-bond donors (Lipinski definition) is 1. The summed E-state index contributed by atoms with van der Waals surface area (Å²) >= 11 is 0. The summed E-state index contributed by atoms with van der Waals surface area (Å²) in [4.78, 5) is 1.94. The van der Waals surface area contributed by atoms with Gasteiger partial charge in [0.1, 0.15) is 9.84 Å². The maximum Gasteiger partial charge on any atom is 0.150 e. The number of sulfone groups is 1. The molecule has 4 nitrogen and oxygen atoms in total. The van der Waals surface area contributed by atoms with Gasteiger partial charge in [-0.1, -0.05) is 6.92 Å². The van der Waals surface area contributed by atoms with Gasteiger partial charge in [0.15, 0.2) is 0 Å². The van der Waals surface area contributed by atoms with E-state index in [1.54, 1.807) is 13.8 Å². The molecule has 0 saturated carbocycles. The largest absolute Gasteiger partial charge is 0.392 e. The minimum atomic E-state index is -2.83. The first-order valence-electron chi connectivity index (χ1n) is 4.94. The van der Waals surface area contributed by atoms with Gasteiger partial charge in [-0.05, 0) is 26.9 Å². The van der Waals surface area contributed by atoms with Gasteiger partial charge in [0.25, 0.3) is 0 Å². The summed E-state index contributed by atoms with van der Waals surface area (Å²) in [6.45, 7) is 4.68. The Labute approximate surface area is 86.8 Å². The van der Waals surface area contributed by atoms with Crippen molar-refractivity contribution in [3.8, 4) is 0 Å². The number of rotatable bonds is 7. The van der Waals surface area contributed by atoms with Crippen molar-refractivity contribution in [2.45, 2.75) is 26.4 Å². The Balaban J connectivity index is 3.64. The molecule has 0 radical (unpaired) electrons. The van der Waals surface area contributed by atoms with Gasteiger partial charge in [-0.15, -0.1) is 0 Å². The Kier molecular flexibility index (Phi) is 6.31. The minimum Gasteiger partial charge on any atom is -0.392 e. The van der Waals surface area contributed by atoms with Crippen molar-refractivity contribution >= 4 is 9.84 Å². The average molecular weight is 223 g/mol. The molecule has 0 saturated heterocycles. The standard InChI is InChI=1S/C9H21NO3S/c1-4-14(12,13)7-5-6-10(3)8-9(2)11/h9,11H,4-8H2,1-3H3. The van der Waals surface area contributed by atoms with Crippen LogP contribution in [0, 0.1) is 0 Å². The van der Waals surface area contributed by atoms with E-state index in [2.05, 4.69) is 0 Å². The zero-order valence-electron chi connectivity index (χ0n) is 9.23. The van der Waals surface area contributed by atoms with E-state index < -0.39 is 9.84 Å². The maximum atomic E-state index is 11.1. The van der Waals surface area contributed by atoms with Crippen LogP contribution in [0.25, 0.3) is 0 Å². The average Bonchev–Trinajstić information content (AvgIpc) is 2.02. The molecule has 1 atom stereocenters. The third-order valence-corrected chi connectivity index (χ3v) is 3.80. The quantitative estimate of drug-likeness (QED) is 0.666. The van der Waals surface area contributed by atoms with Crippen LogP contribution in [0.3, 0.4) is 0 Å². The van der Waals surface area contributed by atoms with E-state index in [1.165, 1.54) is 0 Å². The molecule has 0 aliphatic heterocycles. The number of aliphatic hydroxyl groups is 1. The normalized spacial score (nSPS) is 14.6. The molecule has 0 bridgehead atoms. The summed E-state index contributed by atoms with van der Waals surface area (Å²) in [7, 11) is -0.953. The lowest BCUT2D eigenvalue weighted by atomic mass is 10.3. The smallest absolute Gasteiger partial charge is 0.150 e. The molecule has 0 aromatic heterocycles. The highest BCUT2D eigenvalue weighted by molar-refractivity contribution is 7.91. The van der Waals surface area contributed by atoms with Crippen LogP contribution in [-0.4, -0.2) is 56.2 Å². The molecule has 1 N–H and O–H groups in total. The fourth-order valence-corrected chi connectivity index (χ4v) is 2.10. The summed E-state index contributed by atoms with van der Waals surface area (Å²) in [5.74, 6) is 0.459. The highest BCUT2D eigenvalue weighted by Gasteiger charge is 2.08. The lowest BCUT2D eigenvalue weighted by molar-refractivity contribution is 0.142. The Hall–Kier alpha value is -0.130. The Morgan fingerprint density at radius 2 is 2.00 bits per heavy atom. The summed E-state index contributed by atoms with van der Waals surface area (Å²) in [5, 5.41) is 9.07. The highest BCUT2D eigenvalue weighted by Crippen LogP contribution is 1.96. The second-order valence-electron chi connectivity index (χ2n) is 3.70. The fraction of sp³-hybridized carbons (Fsp3) is 1.00. The van der Waals surface area contributed by atoms with Crippen LogP contribution in [0.4, 0.5) is 0 Å². The van der Waals surface area contributed by atoms with Gasteiger partial charge in [-0.2, -0.15) is 0 Å². The van der Waals surface area contributed by atoms with Crippen molar-refractivity contribution in [3.63, 3.8) is 0 Å². The molecule has 0 aromatic rings. The van der Waals surface area contributed by atoms with Crippen LogP contribution in [-0.2, 0) is 9.84 Å². The molecule has 1 unspecified atom stereocenters. The van der Waals surface area contributed by atoms with E-state index in [0.29, 0.717) is 19.5 Å². The van der Waals surface area contributed by atoms with Gasteiger partial charge in [0.2, 0.25) is 0 Å². The molecule has 0 aliphatic rings. The molecule has 14 heavy (non-hydrogen) atoms. The molecule has 0 rings (SSSR count). The van der Waals surface area contributed by atoms with Crippen LogP contribution >= 0.6 is 0 Å². The zero-order valence-corrected chi connectivity index (χ0v) is 10.0. The lowest BCUT2D eigenvalue weighted by Crippen LogP contribution is -2.29. The first-order valence-corrected chi connectivity index (χ1v) is 6.76. The van der Waals surface area contributed by atoms with Gasteiger partial charge >= 0.3 is 0 Å². The van der Waals surface area contributed by atoms with Crippen LogP contribution in [0.5, 0.6) is 0 Å². The molecule has 0 fully saturated rings. The second-order valence-corrected chi connectivity index (χ2v) is 6.17. The highest BCUT2D eigenvalue weighted by atomic mass is 32.2. The van der Waals surface area contributed by atoms with Gasteiger partial charge in [-0.25, -0.2) is 8.42 Å². The van der Waals surface area contributed by atoms with E-state index in [1.807, 2.05) is 11.9 Å². The predicted molar refractivity (Wildman–Crippen MR) is 58.1 cm³/mol. The van der Waals surface area contributed by atoms with Crippen LogP contribution in [0.1, 0.15) is 20.3 Å². The van der Waals surface area contributed by atoms with E-state index >= 15 is 0 Å². The molecule has 0 amide bonds. The molecular formula is C9H21NO3S. The van der Waals surface area contributed by atoms with Gasteiger partial charge in [0.05, 0.1) is 11.9 Å². The number of aliphatic hydroxyl groups excluding tert-OH is 1. The van der Waals surface area contributed by atoms with Crippen molar-refractivity contribution in [2.75, 3.05) is 31.6 Å². The summed E-state index contributed by atoms with van der Waals surface area (Å²) in [6, 6.07) is 0. The molecule has 5 heteroatoms. The molecule has 0 aliphatic carbocycles. The van der Waals surface area contributed by atoms with Crippen molar-refractivity contribution in [1.29, 1.82) is 0 Å². The monoisotopic (exact) mass is 223 g/mol. The Morgan fingerprint density at radius 3 is 2.43 bits per heavy atom. The van der Waals surface area contributed by atoms with Crippen LogP contribution < -0.4 is 0 Å². The first kappa shape index (κ1) is 13.9. The van der Waals surface area contributed by atoms with E-state index in [0.717, 1.165) is 0 Å². The van der Waals surface area contributed by atoms with Crippen molar-refractivity contribution in [1.82, 2.24) is 4.90 Å². The van der Waals surface area contributed by atoms with Crippen LogP contribution in [0.2, 0.25) is 0 Å². The van der Waals surface area contributed by atoms with Crippen LogP contribution in [0.15, 0.2) is 0 Å². The van der Waals surface area contributed by atoms with Gasteiger partial charge in [-0.3, -0.25) is 0 Å². The molecular weight excluding hydrogens is 202 g/mol. The first-order chi connectivity index (χ1) is 6.37. The predicted octanol–water partition coefficient (Wildman–Crippen LogP) is 0.124. The third kappa shape index (κ3) is 7.29. The second kappa shape index (κ2) is 6.37. The van der Waals surface area contributed by atoms with Crippen molar-refractivity contribution < 1.29 is 13.5 Å². The zero-order chi connectivity index (χ0) is 11.2. The van der Waals surface area contributed by atoms with E-state index in [9.17, 15) is 8.42 Å². The summed E-state index contributed by atoms with van der Waals surface area (Å²) < 4.78 is 22.3. The van der Waals surface area contributed by atoms with Gasteiger partial charge in [0, 0.05) is 12.3 Å². The molecule has 0 aromatic carbocycles. The number of likely N-dealkylation sites (N-methyl/N-ethyl adjacent to an activating group) is 1. The van der Waals surface area contributed by atoms with Crippen molar-refractivity contribution in [2.24, 2.45) is 0 Å². The summed E-state index contributed by atoms with van der Waals surface area (Å²) in [5.41, 5.74) is 0. The number of hydrogen-bond acceptors (Lipinski definition) is 4.